The van der Waals surface area contributed by atoms with Gasteiger partial charge in [-0.25, -0.2) is 4.79 Å². The number of carbonyl (C=O) groups is 2. The molecule has 0 atom stereocenters. The average Bonchev–Trinajstić information content (AvgIpc) is 2.73. The Morgan fingerprint density at radius 1 is 1.42 bits per heavy atom. The fourth-order valence-corrected chi connectivity index (χ4v) is 1.92. The lowest BCUT2D eigenvalue weighted by atomic mass is 10.1. The number of hydrogen-bond acceptors (Lipinski definition) is 4. The number of nitrogens with one attached hydrogen (secondary N) is 1. The van der Waals surface area contributed by atoms with Crippen LogP contribution in [0.1, 0.15) is 36.7 Å². The number of carbonyl (C=O) groups excluding carboxylic acids is 2. The summed E-state index contributed by atoms with van der Waals surface area (Å²) in [6.07, 6.45) is 0.924. The lowest BCUT2D eigenvalue weighted by Gasteiger charge is -2.20. The van der Waals surface area contributed by atoms with Gasteiger partial charge in [-0.3, -0.25) is 10.1 Å². The number of rotatable bonds is 2. The first-order valence-electron chi connectivity index (χ1n) is 6.14. The van der Waals surface area contributed by atoms with Gasteiger partial charge in [-0.05, 0) is 32.9 Å². The molecule has 0 saturated heterocycles. The molecule has 0 aliphatic carbocycles. The molecule has 0 spiro atoms. The van der Waals surface area contributed by atoms with E-state index in [9.17, 15) is 9.59 Å². The molecule has 0 radical (unpaired) electrons. The number of amides is 1. The van der Waals surface area contributed by atoms with Gasteiger partial charge >= 0.3 is 6.09 Å². The third kappa shape index (κ3) is 3.24. The van der Waals surface area contributed by atoms with E-state index in [2.05, 4.69) is 5.32 Å². The number of ether oxygens (including phenoxy) is 2. The summed E-state index contributed by atoms with van der Waals surface area (Å²) in [5, 5.41) is 2.63. The highest BCUT2D eigenvalue weighted by atomic mass is 16.6. The number of benzene rings is 1. The molecule has 1 aliphatic heterocycles. The van der Waals surface area contributed by atoms with Crippen LogP contribution in [0.2, 0.25) is 0 Å². The van der Waals surface area contributed by atoms with Crippen LogP contribution >= 0.6 is 0 Å². The molecule has 1 aromatic carbocycles. The zero-order valence-corrected chi connectivity index (χ0v) is 11.3. The molecule has 0 saturated carbocycles. The molecular formula is C14H17NO4. The van der Waals surface area contributed by atoms with E-state index in [1.54, 1.807) is 32.9 Å². The molecule has 1 heterocycles. The first-order chi connectivity index (χ1) is 8.89. The summed E-state index contributed by atoms with van der Waals surface area (Å²) in [7, 11) is 0. The van der Waals surface area contributed by atoms with Crippen LogP contribution in [-0.2, 0) is 11.2 Å². The second kappa shape index (κ2) is 4.91. The maximum Gasteiger partial charge on any atom is 0.412 e. The van der Waals surface area contributed by atoms with Crippen molar-refractivity contribution in [2.45, 2.75) is 32.8 Å². The molecule has 5 nitrogen and oxygen atoms in total. The van der Waals surface area contributed by atoms with E-state index in [1.807, 2.05) is 0 Å². The van der Waals surface area contributed by atoms with Crippen molar-refractivity contribution in [3.8, 4) is 5.75 Å². The minimum absolute atomic E-state index is 0.445. The molecule has 19 heavy (non-hydrogen) atoms. The normalized spacial score (nSPS) is 13.4. The molecule has 102 valence electrons. The second-order valence-corrected chi connectivity index (χ2v) is 5.40. The van der Waals surface area contributed by atoms with Crippen LogP contribution in [-0.4, -0.2) is 24.6 Å². The Bertz CT molecular complexity index is 517. The topological polar surface area (TPSA) is 64.6 Å². The Balaban J connectivity index is 2.18. The van der Waals surface area contributed by atoms with Crippen LogP contribution < -0.4 is 10.1 Å². The van der Waals surface area contributed by atoms with Crippen LogP contribution in [0, 0.1) is 0 Å². The highest BCUT2D eigenvalue weighted by Gasteiger charge is 2.20. The molecule has 5 heteroatoms. The van der Waals surface area contributed by atoms with Gasteiger partial charge in [0.1, 0.15) is 11.4 Å². The zero-order chi connectivity index (χ0) is 14.0. The van der Waals surface area contributed by atoms with Gasteiger partial charge in [0, 0.05) is 17.7 Å². The first kappa shape index (κ1) is 13.4. The number of fused-ring (bicyclic) bond motifs is 1. The summed E-state index contributed by atoms with van der Waals surface area (Å²) in [6, 6.07) is 3.39. The molecule has 0 aromatic heterocycles. The maximum absolute atomic E-state index is 11.7. The maximum atomic E-state index is 11.7. The predicted molar refractivity (Wildman–Crippen MR) is 70.9 cm³/mol. The molecule has 0 bridgehead atoms. The minimum atomic E-state index is -0.558. The first-order valence-corrected chi connectivity index (χ1v) is 6.14. The number of aldehydes is 1. The predicted octanol–water partition coefficient (Wildman–Crippen LogP) is 2.78. The quantitative estimate of drug-likeness (QED) is 0.833. The van der Waals surface area contributed by atoms with Crippen molar-refractivity contribution in [1.29, 1.82) is 0 Å². The summed E-state index contributed by atoms with van der Waals surface area (Å²) in [6.45, 7) is 5.94. The van der Waals surface area contributed by atoms with Gasteiger partial charge in [0.25, 0.3) is 0 Å². The van der Waals surface area contributed by atoms with Gasteiger partial charge in [-0.2, -0.15) is 0 Å². The summed E-state index contributed by atoms with van der Waals surface area (Å²) in [5.41, 5.74) is 1.36. The molecule has 0 unspecified atom stereocenters. The lowest BCUT2D eigenvalue weighted by Crippen LogP contribution is -2.27. The fourth-order valence-electron chi connectivity index (χ4n) is 1.92. The summed E-state index contributed by atoms with van der Waals surface area (Å²) in [4.78, 5) is 22.7. The van der Waals surface area contributed by atoms with Crippen molar-refractivity contribution in [2.75, 3.05) is 11.9 Å². The van der Waals surface area contributed by atoms with Gasteiger partial charge in [-0.1, -0.05) is 0 Å². The average molecular weight is 263 g/mol. The fraction of sp³-hybridized carbons (Fsp3) is 0.429. The van der Waals surface area contributed by atoms with E-state index in [1.165, 1.54) is 0 Å². The van der Waals surface area contributed by atoms with E-state index in [4.69, 9.17) is 9.47 Å². The van der Waals surface area contributed by atoms with E-state index < -0.39 is 11.7 Å². The van der Waals surface area contributed by atoms with E-state index >= 15 is 0 Å². The lowest BCUT2D eigenvalue weighted by molar-refractivity contribution is 0.0635. The van der Waals surface area contributed by atoms with E-state index in [0.29, 0.717) is 23.6 Å². The van der Waals surface area contributed by atoms with Crippen LogP contribution in [0.15, 0.2) is 12.1 Å². The Hall–Kier alpha value is -2.04. The Morgan fingerprint density at radius 2 is 2.16 bits per heavy atom. The smallest absolute Gasteiger partial charge is 0.412 e. The molecule has 1 aromatic rings. The highest BCUT2D eigenvalue weighted by Crippen LogP contribution is 2.32. The standard InChI is InChI=1S/C14H17NO4/c1-14(2,3)19-13(17)15-11-6-9-4-5-18-12(9)10(7-11)8-16/h6-8H,4-5H2,1-3H3,(H,15,17). The monoisotopic (exact) mass is 263 g/mol. The third-order valence-electron chi connectivity index (χ3n) is 2.58. The van der Waals surface area contributed by atoms with Crippen molar-refractivity contribution in [3.05, 3.63) is 23.3 Å². The SMILES string of the molecule is CC(C)(C)OC(=O)Nc1cc(C=O)c2c(c1)CCO2. The van der Waals surface area contributed by atoms with Crippen molar-refractivity contribution in [3.63, 3.8) is 0 Å². The molecule has 1 amide bonds. The third-order valence-corrected chi connectivity index (χ3v) is 2.58. The van der Waals surface area contributed by atoms with E-state index in [-0.39, 0.29) is 0 Å². The Kier molecular flexibility index (Phi) is 3.46. The molecule has 0 fully saturated rings. The zero-order valence-electron chi connectivity index (χ0n) is 11.3. The summed E-state index contributed by atoms with van der Waals surface area (Å²) in [5.74, 6) is 0.615. The Labute approximate surface area is 111 Å². The van der Waals surface area contributed by atoms with Crippen LogP contribution in [0.5, 0.6) is 5.75 Å². The minimum Gasteiger partial charge on any atom is -0.492 e. The van der Waals surface area contributed by atoms with Crippen molar-refractivity contribution >= 4 is 18.1 Å². The molecule has 2 rings (SSSR count). The van der Waals surface area contributed by atoms with Gasteiger partial charge < -0.3 is 9.47 Å². The molecular weight excluding hydrogens is 246 g/mol. The number of hydrogen-bond donors (Lipinski definition) is 1. The molecule has 1 aliphatic rings. The van der Waals surface area contributed by atoms with Crippen LogP contribution in [0.3, 0.4) is 0 Å². The van der Waals surface area contributed by atoms with Gasteiger partial charge in [-0.15, -0.1) is 0 Å². The van der Waals surface area contributed by atoms with E-state index in [0.717, 1.165) is 18.3 Å². The summed E-state index contributed by atoms with van der Waals surface area (Å²) >= 11 is 0. The molecule has 1 N–H and O–H groups in total. The van der Waals surface area contributed by atoms with Gasteiger partial charge in [0.15, 0.2) is 6.29 Å². The largest absolute Gasteiger partial charge is 0.492 e. The van der Waals surface area contributed by atoms with Crippen LogP contribution in [0.25, 0.3) is 0 Å². The summed E-state index contributed by atoms with van der Waals surface area (Å²) < 4.78 is 10.6. The van der Waals surface area contributed by atoms with Crippen molar-refractivity contribution in [2.24, 2.45) is 0 Å². The number of anilines is 1. The van der Waals surface area contributed by atoms with Crippen molar-refractivity contribution in [1.82, 2.24) is 0 Å². The van der Waals surface area contributed by atoms with Gasteiger partial charge in [0.2, 0.25) is 0 Å². The van der Waals surface area contributed by atoms with Gasteiger partial charge in [0.05, 0.1) is 12.2 Å². The van der Waals surface area contributed by atoms with Crippen LogP contribution in [0.4, 0.5) is 10.5 Å². The second-order valence-electron chi connectivity index (χ2n) is 5.40. The highest BCUT2D eigenvalue weighted by molar-refractivity contribution is 5.89. The van der Waals surface area contributed by atoms with Crippen molar-refractivity contribution < 1.29 is 19.1 Å². The Morgan fingerprint density at radius 3 is 2.79 bits per heavy atom.